The number of carbonyl (C=O) groups excluding carboxylic acids is 1. The van der Waals surface area contributed by atoms with E-state index in [1.165, 1.54) is 10.9 Å². The summed E-state index contributed by atoms with van der Waals surface area (Å²) in [4.78, 5) is 18.6. The van der Waals surface area contributed by atoms with Crippen molar-refractivity contribution in [2.75, 3.05) is 24.5 Å². The summed E-state index contributed by atoms with van der Waals surface area (Å²) in [5.74, 6) is 0.344. The molecule has 0 saturated carbocycles. The first kappa shape index (κ1) is 25.3. The van der Waals surface area contributed by atoms with Gasteiger partial charge in [0.2, 0.25) is 17.7 Å². The molecule has 9 heteroatoms. The first-order chi connectivity index (χ1) is 15.6. The van der Waals surface area contributed by atoms with E-state index in [1.807, 2.05) is 6.92 Å². The molecule has 0 atom stereocenters. The van der Waals surface area contributed by atoms with Gasteiger partial charge in [0, 0.05) is 37.4 Å². The van der Waals surface area contributed by atoms with E-state index >= 15 is 0 Å². The maximum atomic E-state index is 14.9. The number of amides is 1. The molecule has 1 amide bonds. The second kappa shape index (κ2) is 11.2. The highest BCUT2D eigenvalue weighted by atomic mass is 35.5. The first-order valence-electron chi connectivity index (χ1n) is 11.2. The first-order valence-corrected chi connectivity index (χ1v) is 12.1. The van der Waals surface area contributed by atoms with Crippen LogP contribution < -0.4 is 4.90 Å². The summed E-state index contributed by atoms with van der Waals surface area (Å²) in [5.41, 5.74) is -0.600. The predicted octanol–water partition coefficient (Wildman–Crippen LogP) is 5.23. The zero-order valence-electron chi connectivity index (χ0n) is 19.0. The van der Waals surface area contributed by atoms with E-state index in [1.54, 1.807) is 41.4 Å². The van der Waals surface area contributed by atoms with E-state index in [9.17, 15) is 9.18 Å². The average molecular weight is 493 g/mol. The number of benzene rings is 1. The van der Waals surface area contributed by atoms with Crippen molar-refractivity contribution in [3.63, 3.8) is 0 Å². The van der Waals surface area contributed by atoms with Crippen molar-refractivity contribution in [3.05, 3.63) is 64.3 Å². The lowest BCUT2D eigenvalue weighted by molar-refractivity contribution is -0.120. The second-order valence-corrected chi connectivity index (χ2v) is 9.12. The van der Waals surface area contributed by atoms with E-state index in [-0.39, 0.29) is 30.4 Å². The van der Waals surface area contributed by atoms with Crippen molar-refractivity contribution < 1.29 is 13.6 Å². The summed E-state index contributed by atoms with van der Waals surface area (Å²) in [5, 5.41) is 10.6. The van der Waals surface area contributed by atoms with E-state index in [4.69, 9.17) is 4.42 Å². The number of hydrogen-bond donors (Lipinski definition) is 0. The topological polar surface area (TPSA) is 62.5 Å². The van der Waals surface area contributed by atoms with Crippen LogP contribution in [0.2, 0.25) is 0 Å². The molecule has 0 aliphatic carbocycles. The Balaban J connectivity index is 0.00000306. The van der Waals surface area contributed by atoms with Gasteiger partial charge in [0.25, 0.3) is 0 Å². The number of anilines is 1. The molecule has 1 fully saturated rings. The number of hydrogen-bond acceptors (Lipinski definition) is 6. The highest BCUT2D eigenvalue weighted by Crippen LogP contribution is 2.42. The number of nitrogens with zero attached hydrogens (tertiary/aromatic N) is 4. The molecule has 3 aromatic rings. The third-order valence-electron chi connectivity index (χ3n) is 6.18. The van der Waals surface area contributed by atoms with Gasteiger partial charge in [-0.2, -0.15) is 0 Å². The number of aromatic nitrogens is 2. The third kappa shape index (κ3) is 5.28. The highest BCUT2D eigenvalue weighted by Gasteiger charge is 2.49. The molecular weight excluding hydrogens is 463 g/mol. The van der Waals surface area contributed by atoms with Crippen LogP contribution in [0.25, 0.3) is 0 Å². The molecule has 0 N–H and O–H groups in total. The van der Waals surface area contributed by atoms with Gasteiger partial charge in [-0.3, -0.25) is 9.69 Å². The van der Waals surface area contributed by atoms with Gasteiger partial charge < -0.3 is 9.32 Å². The molecule has 2 aromatic heterocycles. The molecule has 1 saturated heterocycles. The number of aryl methyl sites for hydroxylation is 1. The van der Waals surface area contributed by atoms with Gasteiger partial charge in [0.05, 0.1) is 5.69 Å². The summed E-state index contributed by atoms with van der Waals surface area (Å²) < 4.78 is 20.9. The SMILES string of the molecule is CCC(=O)N(c1ccccc1F)C1(c2nnc(CC)o2)CCN(CCc2cccs2)CC1.Cl. The van der Waals surface area contributed by atoms with Gasteiger partial charge in [-0.15, -0.1) is 33.9 Å². The summed E-state index contributed by atoms with van der Waals surface area (Å²) in [6, 6.07) is 10.7. The smallest absolute Gasteiger partial charge is 0.242 e. The van der Waals surface area contributed by atoms with Crippen LogP contribution in [0, 0.1) is 5.82 Å². The maximum absolute atomic E-state index is 14.9. The van der Waals surface area contributed by atoms with Crippen LogP contribution in [0.5, 0.6) is 0 Å². The Bertz CT molecular complexity index is 1030. The minimum Gasteiger partial charge on any atom is -0.423 e. The van der Waals surface area contributed by atoms with E-state index in [0.29, 0.717) is 31.0 Å². The highest BCUT2D eigenvalue weighted by molar-refractivity contribution is 7.09. The summed E-state index contributed by atoms with van der Waals surface area (Å²) in [6.45, 7) is 6.21. The minimum atomic E-state index is -0.866. The molecule has 1 aliphatic rings. The largest absolute Gasteiger partial charge is 0.423 e. The number of thiophene rings is 1. The Morgan fingerprint density at radius 2 is 1.94 bits per heavy atom. The molecule has 1 aliphatic heterocycles. The van der Waals surface area contributed by atoms with E-state index in [0.717, 1.165) is 26.1 Å². The van der Waals surface area contributed by atoms with Crippen LogP contribution in [0.1, 0.15) is 49.8 Å². The molecule has 0 spiro atoms. The van der Waals surface area contributed by atoms with Crippen molar-refractivity contribution in [2.45, 2.75) is 51.5 Å². The quantitative estimate of drug-likeness (QED) is 0.430. The lowest BCUT2D eigenvalue weighted by atomic mass is 9.84. The number of rotatable bonds is 8. The van der Waals surface area contributed by atoms with Crippen LogP contribution in [-0.4, -0.2) is 40.6 Å². The normalized spacial score (nSPS) is 15.7. The molecule has 1 aromatic carbocycles. The summed E-state index contributed by atoms with van der Waals surface area (Å²) in [7, 11) is 0. The summed E-state index contributed by atoms with van der Waals surface area (Å²) in [6.07, 6.45) is 3.06. The predicted molar refractivity (Wildman–Crippen MR) is 130 cm³/mol. The Morgan fingerprint density at radius 3 is 2.55 bits per heavy atom. The van der Waals surface area contributed by atoms with Crippen LogP contribution in [0.3, 0.4) is 0 Å². The molecule has 0 unspecified atom stereocenters. The van der Waals surface area contributed by atoms with Crippen molar-refractivity contribution in [2.24, 2.45) is 0 Å². The fraction of sp³-hybridized carbons (Fsp3) is 0.458. The van der Waals surface area contributed by atoms with E-state index in [2.05, 4.69) is 32.6 Å². The van der Waals surface area contributed by atoms with Gasteiger partial charge >= 0.3 is 0 Å². The van der Waals surface area contributed by atoms with Crippen molar-refractivity contribution in [1.82, 2.24) is 15.1 Å². The molecule has 33 heavy (non-hydrogen) atoms. The number of likely N-dealkylation sites (tertiary alicyclic amines) is 1. The fourth-order valence-electron chi connectivity index (χ4n) is 4.38. The number of piperidine rings is 1. The van der Waals surface area contributed by atoms with Crippen LogP contribution in [0.15, 0.2) is 46.2 Å². The van der Waals surface area contributed by atoms with Crippen LogP contribution in [0.4, 0.5) is 10.1 Å². The Hall–Kier alpha value is -2.29. The summed E-state index contributed by atoms with van der Waals surface area (Å²) >= 11 is 1.77. The number of para-hydroxylation sites is 1. The van der Waals surface area contributed by atoms with Gasteiger partial charge in [-0.25, -0.2) is 4.39 Å². The monoisotopic (exact) mass is 492 g/mol. The third-order valence-corrected chi connectivity index (χ3v) is 7.11. The van der Waals surface area contributed by atoms with Gasteiger partial charge in [0.1, 0.15) is 11.4 Å². The molecular formula is C24H30ClFN4O2S. The Kier molecular flexibility index (Phi) is 8.62. The lowest BCUT2D eigenvalue weighted by Crippen LogP contribution is -2.56. The second-order valence-electron chi connectivity index (χ2n) is 8.09. The van der Waals surface area contributed by atoms with E-state index < -0.39 is 11.4 Å². The average Bonchev–Trinajstić information content (AvgIpc) is 3.52. The number of carbonyl (C=O) groups is 1. The lowest BCUT2D eigenvalue weighted by Gasteiger charge is -2.46. The van der Waals surface area contributed by atoms with Gasteiger partial charge in [0.15, 0.2) is 0 Å². The fourth-order valence-corrected chi connectivity index (χ4v) is 5.08. The molecule has 3 heterocycles. The van der Waals surface area contributed by atoms with Crippen molar-refractivity contribution in [1.29, 1.82) is 0 Å². The zero-order chi connectivity index (χ0) is 22.6. The molecule has 178 valence electrons. The number of halogens is 2. The van der Waals surface area contributed by atoms with Crippen molar-refractivity contribution in [3.8, 4) is 0 Å². The minimum absolute atomic E-state index is 0. The van der Waals surface area contributed by atoms with Crippen molar-refractivity contribution >= 4 is 35.3 Å². The maximum Gasteiger partial charge on any atom is 0.242 e. The van der Waals surface area contributed by atoms with Gasteiger partial charge in [-0.1, -0.05) is 32.0 Å². The van der Waals surface area contributed by atoms with Crippen LogP contribution in [-0.2, 0) is 23.2 Å². The molecule has 0 radical (unpaired) electrons. The Labute approximate surface area is 204 Å². The molecule has 0 bridgehead atoms. The molecule has 4 rings (SSSR count). The zero-order valence-corrected chi connectivity index (χ0v) is 20.6. The van der Waals surface area contributed by atoms with Gasteiger partial charge in [-0.05, 0) is 42.8 Å². The Morgan fingerprint density at radius 1 is 1.18 bits per heavy atom. The standard InChI is InChI=1S/C24H29FN4O2S.ClH/c1-3-21-26-27-23(31-21)24(29(22(30)4-2)20-10-6-5-9-19(20)25)12-15-28(16-13-24)14-11-18-8-7-17-32-18;/h5-10,17H,3-4,11-16H2,1-2H3;1H. The molecule has 6 nitrogen and oxygen atoms in total. The van der Waals surface area contributed by atoms with Crippen LogP contribution >= 0.6 is 23.7 Å².